The number of hydrogen-bond donors (Lipinski definition) is 2. The van der Waals surface area contributed by atoms with Crippen LogP contribution in [0.3, 0.4) is 0 Å². The van der Waals surface area contributed by atoms with Crippen LogP contribution in [0.4, 0.5) is 13.2 Å². The Morgan fingerprint density at radius 1 is 1.53 bits per heavy atom. The number of carbonyl (C=O) groups excluding carboxylic acids is 1. The number of carbonyl (C=O) groups is 2. The van der Waals surface area contributed by atoms with Crippen LogP contribution in [-0.4, -0.2) is 35.7 Å². The Balaban J connectivity index is 4.49. The van der Waals surface area contributed by atoms with Crippen LogP contribution in [0.5, 0.6) is 0 Å². The van der Waals surface area contributed by atoms with Gasteiger partial charge < -0.3 is 10.4 Å². The lowest BCUT2D eigenvalue weighted by atomic mass is 10.3. The molecule has 0 saturated heterocycles. The zero-order chi connectivity index (χ0) is 12.1. The number of azide groups is 1. The van der Waals surface area contributed by atoms with Gasteiger partial charge in [-0.15, -0.1) is 0 Å². The van der Waals surface area contributed by atoms with Crippen molar-refractivity contribution in [1.82, 2.24) is 5.32 Å². The van der Waals surface area contributed by atoms with Crippen molar-refractivity contribution in [2.45, 2.75) is 12.2 Å². The molecule has 0 rings (SSSR count). The summed E-state index contributed by atoms with van der Waals surface area (Å²) >= 11 is 0. The van der Waals surface area contributed by atoms with Crippen molar-refractivity contribution >= 4 is 11.9 Å². The Kier molecular flexibility index (Phi) is 4.39. The molecule has 7 nitrogen and oxygen atoms in total. The van der Waals surface area contributed by atoms with E-state index < -0.39 is 30.6 Å². The number of carboxylic acid groups (broad SMARTS) is 1. The Labute approximate surface area is 80.5 Å². The molecular weight excluding hydrogens is 221 g/mol. The van der Waals surface area contributed by atoms with Crippen molar-refractivity contribution in [3.63, 3.8) is 0 Å². The number of rotatable bonds is 4. The smallest absolute Gasteiger partial charge is 0.471 e. The standard InChI is InChI=1S/C5H5F3N4O3/c6-5(7,8)4(15)11-2(3(13)14)1-10-12-9/h2H,1H2,(H,11,15)(H,13,14)/t2-/m0/s1. The lowest BCUT2D eigenvalue weighted by molar-refractivity contribution is -0.175. The Morgan fingerprint density at radius 3 is 2.40 bits per heavy atom. The second kappa shape index (κ2) is 5.05. The van der Waals surface area contributed by atoms with Crippen LogP contribution in [0.25, 0.3) is 10.4 Å². The van der Waals surface area contributed by atoms with Gasteiger partial charge in [-0.1, -0.05) is 5.11 Å². The number of carboxylic acids is 1. The highest BCUT2D eigenvalue weighted by molar-refractivity contribution is 5.87. The highest BCUT2D eigenvalue weighted by Gasteiger charge is 2.40. The van der Waals surface area contributed by atoms with E-state index in [1.54, 1.807) is 0 Å². The molecule has 0 spiro atoms. The van der Waals surface area contributed by atoms with Crippen molar-refractivity contribution in [2.75, 3.05) is 6.54 Å². The number of nitrogens with zero attached hydrogens (tertiary/aromatic N) is 3. The Morgan fingerprint density at radius 2 is 2.07 bits per heavy atom. The van der Waals surface area contributed by atoms with E-state index in [2.05, 4.69) is 10.0 Å². The zero-order valence-corrected chi connectivity index (χ0v) is 7.02. The van der Waals surface area contributed by atoms with Gasteiger partial charge in [0.05, 0.1) is 6.54 Å². The van der Waals surface area contributed by atoms with Gasteiger partial charge in [-0.25, -0.2) is 4.79 Å². The molecule has 10 heteroatoms. The molecule has 0 fully saturated rings. The minimum absolute atomic E-state index is 0.798. The van der Waals surface area contributed by atoms with E-state index >= 15 is 0 Å². The normalized spacial score (nSPS) is 12.5. The summed E-state index contributed by atoms with van der Waals surface area (Å²) in [5, 5.41) is 12.3. The van der Waals surface area contributed by atoms with E-state index in [1.807, 2.05) is 0 Å². The predicted octanol–water partition coefficient (Wildman–Crippen LogP) is 0.428. The third-order valence-electron chi connectivity index (χ3n) is 1.19. The number of alkyl halides is 3. The molecule has 0 radical (unpaired) electrons. The summed E-state index contributed by atoms with van der Waals surface area (Å²) in [6.45, 7) is -0.798. The molecule has 0 aliphatic heterocycles. The number of nitrogens with one attached hydrogen (secondary N) is 1. The predicted molar refractivity (Wildman–Crippen MR) is 39.6 cm³/mol. The molecule has 0 heterocycles. The maximum Gasteiger partial charge on any atom is 0.471 e. The van der Waals surface area contributed by atoms with E-state index in [9.17, 15) is 22.8 Å². The van der Waals surface area contributed by atoms with E-state index in [4.69, 9.17) is 10.6 Å². The lowest BCUT2D eigenvalue weighted by Gasteiger charge is -2.13. The quantitative estimate of drug-likeness (QED) is 0.411. The first-order valence-corrected chi connectivity index (χ1v) is 3.40. The van der Waals surface area contributed by atoms with Crippen LogP contribution in [0.15, 0.2) is 5.11 Å². The Hall–Kier alpha value is -1.96. The minimum atomic E-state index is -5.18. The van der Waals surface area contributed by atoms with Gasteiger partial charge in [0.25, 0.3) is 0 Å². The van der Waals surface area contributed by atoms with Crippen LogP contribution in [0.1, 0.15) is 0 Å². The molecule has 1 atom stereocenters. The molecule has 15 heavy (non-hydrogen) atoms. The zero-order valence-electron chi connectivity index (χ0n) is 7.02. The largest absolute Gasteiger partial charge is 0.480 e. The molecule has 0 aliphatic carbocycles. The van der Waals surface area contributed by atoms with Gasteiger partial charge in [-0.2, -0.15) is 13.2 Å². The van der Waals surface area contributed by atoms with Crippen molar-refractivity contribution in [3.8, 4) is 0 Å². The summed E-state index contributed by atoms with van der Waals surface area (Å²) in [6.07, 6.45) is -5.18. The van der Waals surface area contributed by atoms with Gasteiger partial charge in [0.1, 0.15) is 6.04 Å². The first-order chi connectivity index (χ1) is 6.79. The molecular formula is C5H5F3N4O3. The highest BCUT2D eigenvalue weighted by Crippen LogP contribution is 2.14. The molecule has 0 bridgehead atoms. The van der Waals surface area contributed by atoms with Crippen molar-refractivity contribution < 1.29 is 27.9 Å². The van der Waals surface area contributed by atoms with Crippen LogP contribution >= 0.6 is 0 Å². The average molecular weight is 226 g/mol. The number of aliphatic carboxylic acids is 1. The Bertz CT molecular complexity index is 309. The molecule has 0 unspecified atom stereocenters. The summed E-state index contributed by atoms with van der Waals surface area (Å²) in [5.41, 5.74) is 7.82. The van der Waals surface area contributed by atoms with Crippen LogP contribution in [-0.2, 0) is 9.59 Å². The van der Waals surface area contributed by atoms with Crippen molar-refractivity contribution in [1.29, 1.82) is 0 Å². The first kappa shape index (κ1) is 13.0. The molecule has 0 aromatic carbocycles. The van der Waals surface area contributed by atoms with Crippen LogP contribution in [0.2, 0.25) is 0 Å². The maximum atomic E-state index is 11.7. The number of halogens is 3. The molecule has 84 valence electrons. The van der Waals surface area contributed by atoms with Gasteiger partial charge in [0.2, 0.25) is 0 Å². The van der Waals surface area contributed by atoms with Gasteiger partial charge in [-0.3, -0.25) is 4.79 Å². The van der Waals surface area contributed by atoms with Crippen LogP contribution < -0.4 is 5.32 Å². The highest BCUT2D eigenvalue weighted by atomic mass is 19.4. The summed E-state index contributed by atoms with van der Waals surface area (Å²) in [6, 6.07) is -1.89. The minimum Gasteiger partial charge on any atom is -0.480 e. The van der Waals surface area contributed by atoms with Gasteiger partial charge in [0.15, 0.2) is 0 Å². The molecule has 0 aromatic rings. The molecule has 0 aromatic heterocycles. The van der Waals surface area contributed by atoms with Crippen molar-refractivity contribution in [2.24, 2.45) is 5.11 Å². The summed E-state index contributed by atoms with van der Waals surface area (Å²) < 4.78 is 35.1. The fourth-order valence-corrected chi connectivity index (χ4v) is 0.544. The van der Waals surface area contributed by atoms with Crippen LogP contribution in [0, 0.1) is 0 Å². The second-order valence-corrected chi connectivity index (χ2v) is 2.28. The third-order valence-corrected chi connectivity index (χ3v) is 1.19. The number of hydrogen-bond acceptors (Lipinski definition) is 3. The summed E-state index contributed by atoms with van der Waals surface area (Å²) in [7, 11) is 0. The average Bonchev–Trinajstić information content (AvgIpc) is 2.09. The van der Waals surface area contributed by atoms with Gasteiger partial charge in [0, 0.05) is 4.91 Å². The fraction of sp³-hybridized carbons (Fsp3) is 0.600. The number of amides is 1. The molecule has 0 saturated carbocycles. The third kappa shape index (κ3) is 4.72. The summed E-state index contributed by atoms with van der Waals surface area (Å²) in [4.78, 5) is 22.8. The second-order valence-electron chi connectivity index (χ2n) is 2.28. The fourth-order valence-electron chi connectivity index (χ4n) is 0.544. The van der Waals surface area contributed by atoms with E-state index in [0.717, 1.165) is 5.32 Å². The van der Waals surface area contributed by atoms with E-state index in [1.165, 1.54) is 0 Å². The van der Waals surface area contributed by atoms with Gasteiger partial charge >= 0.3 is 18.1 Å². The molecule has 2 N–H and O–H groups in total. The topological polar surface area (TPSA) is 115 Å². The first-order valence-electron chi connectivity index (χ1n) is 3.40. The van der Waals surface area contributed by atoms with E-state index in [0.29, 0.717) is 0 Å². The SMILES string of the molecule is [N-]=[N+]=NC[C@H](NC(=O)C(F)(F)F)C(=O)O. The monoisotopic (exact) mass is 226 g/mol. The maximum absolute atomic E-state index is 11.7. The van der Waals surface area contributed by atoms with Crippen molar-refractivity contribution in [3.05, 3.63) is 10.4 Å². The van der Waals surface area contributed by atoms with E-state index in [-0.39, 0.29) is 0 Å². The molecule has 0 aliphatic rings. The lowest BCUT2D eigenvalue weighted by Crippen LogP contribution is -2.48. The summed E-state index contributed by atoms with van der Waals surface area (Å²) in [5.74, 6) is -4.12. The molecule has 1 amide bonds. The van der Waals surface area contributed by atoms with Gasteiger partial charge in [-0.05, 0) is 5.53 Å².